The predicted molar refractivity (Wildman–Crippen MR) is 104 cm³/mol. The number of nitrogens with one attached hydrogen (secondary N) is 1. The van der Waals surface area contributed by atoms with Gasteiger partial charge in [0.15, 0.2) is 0 Å². The number of benzene rings is 2. The van der Waals surface area contributed by atoms with Crippen molar-refractivity contribution >= 4 is 16.5 Å². The molecule has 2 aromatic rings. The molecule has 2 rings (SSSR count). The van der Waals surface area contributed by atoms with Gasteiger partial charge in [-0.3, -0.25) is 0 Å². The third-order valence-corrected chi connectivity index (χ3v) is 4.67. The SMILES string of the molecule is CCCCCCCCCC(C)(C)Nc1cccc2ccccc12. The van der Waals surface area contributed by atoms with Crippen LogP contribution in [0.1, 0.15) is 72.1 Å². The molecule has 0 amide bonds. The van der Waals surface area contributed by atoms with Crippen molar-refractivity contribution in [3.05, 3.63) is 42.5 Å². The first kappa shape index (κ1) is 17.8. The van der Waals surface area contributed by atoms with Gasteiger partial charge in [-0.1, -0.05) is 88.3 Å². The Labute approximate surface area is 142 Å². The van der Waals surface area contributed by atoms with Gasteiger partial charge in [-0.2, -0.15) is 0 Å². The van der Waals surface area contributed by atoms with Gasteiger partial charge in [-0.05, 0) is 31.7 Å². The van der Waals surface area contributed by atoms with Crippen LogP contribution in [0.3, 0.4) is 0 Å². The van der Waals surface area contributed by atoms with E-state index in [2.05, 4.69) is 68.6 Å². The van der Waals surface area contributed by atoms with Crippen molar-refractivity contribution in [1.82, 2.24) is 0 Å². The third-order valence-electron chi connectivity index (χ3n) is 4.67. The average molecular weight is 312 g/mol. The van der Waals surface area contributed by atoms with Gasteiger partial charge < -0.3 is 5.32 Å². The van der Waals surface area contributed by atoms with Crippen molar-refractivity contribution in [2.45, 2.75) is 77.7 Å². The maximum atomic E-state index is 3.77. The molecular weight excluding hydrogens is 278 g/mol. The zero-order valence-electron chi connectivity index (χ0n) is 15.2. The number of rotatable bonds is 10. The first-order valence-corrected chi connectivity index (χ1v) is 9.38. The van der Waals surface area contributed by atoms with Crippen molar-refractivity contribution in [2.75, 3.05) is 5.32 Å². The summed E-state index contributed by atoms with van der Waals surface area (Å²) in [6.45, 7) is 6.93. The van der Waals surface area contributed by atoms with Gasteiger partial charge in [-0.15, -0.1) is 0 Å². The van der Waals surface area contributed by atoms with Gasteiger partial charge >= 0.3 is 0 Å². The molecule has 0 saturated heterocycles. The minimum absolute atomic E-state index is 0.146. The molecule has 0 aliphatic rings. The number of unbranched alkanes of at least 4 members (excludes halogenated alkanes) is 6. The summed E-state index contributed by atoms with van der Waals surface area (Å²) in [4.78, 5) is 0. The molecule has 0 bridgehead atoms. The first-order valence-electron chi connectivity index (χ1n) is 9.38. The monoisotopic (exact) mass is 311 g/mol. The maximum Gasteiger partial charge on any atom is 0.0423 e. The summed E-state index contributed by atoms with van der Waals surface area (Å²) in [5.74, 6) is 0. The Kier molecular flexibility index (Phi) is 6.95. The average Bonchev–Trinajstić information content (AvgIpc) is 2.54. The van der Waals surface area contributed by atoms with Crippen molar-refractivity contribution < 1.29 is 0 Å². The molecule has 0 unspecified atom stereocenters. The Bertz CT molecular complexity index is 580. The minimum Gasteiger partial charge on any atom is -0.380 e. The van der Waals surface area contributed by atoms with Crippen LogP contribution in [-0.2, 0) is 0 Å². The predicted octanol–water partition coefficient (Wildman–Crippen LogP) is 7.17. The fourth-order valence-electron chi connectivity index (χ4n) is 3.29. The molecule has 0 radical (unpaired) electrons. The fourth-order valence-corrected chi connectivity index (χ4v) is 3.29. The summed E-state index contributed by atoms with van der Waals surface area (Å²) in [6.07, 6.45) is 10.9. The molecule has 0 aliphatic carbocycles. The lowest BCUT2D eigenvalue weighted by Crippen LogP contribution is -2.30. The molecule has 0 atom stereocenters. The summed E-state index contributed by atoms with van der Waals surface area (Å²) in [5, 5.41) is 6.40. The van der Waals surface area contributed by atoms with Crippen LogP contribution in [-0.4, -0.2) is 5.54 Å². The second-order valence-corrected chi connectivity index (χ2v) is 7.41. The van der Waals surface area contributed by atoms with Crippen molar-refractivity contribution in [2.24, 2.45) is 0 Å². The number of fused-ring (bicyclic) bond motifs is 1. The van der Waals surface area contributed by atoms with Crippen LogP contribution in [0.5, 0.6) is 0 Å². The summed E-state index contributed by atoms with van der Waals surface area (Å²) in [6, 6.07) is 15.2. The highest BCUT2D eigenvalue weighted by molar-refractivity contribution is 5.94. The van der Waals surface area contributed by atoms with Crippen molar-refractivity contribution in [1.29, 1.82) is 0 Å². The van der Waals surface area contributed by atoms with Crippen molar-refractivity contribution in [3.8, 4) is 0 Å². The van der Waals surface area contributed by atoms with Crippen LogP contribution in [0.4, 0.5) is 5.69 Å². The minimum atomic E-state index is 0.146. The van der Waals surface area contributed by atoms with Gasteiger partial charge in [0.05, 0.1) is 0 Å². The number of anilines is 1. The first-order chi connectivity index (χ1) is 11.1. The van der Waals surface area contributed by atoms with Gasteiger partial charge in [0, 0.05) is 16.6 Å². The van der Waals surface area contributed by atoms with Gasteiger partial charge in [0.2, 0.25) is 0 Å². The molecule has 126 valence electrons. The van der Waals surface area contributed by atoms with E-state index >= 15 is 0 Å². The van der Waals surface area contributed by atoms with E-state index in [9.17, 15) is 0 Å². The van der Waals surface area contributed by atoms with Gasteiger partial charge in [0.25, 0.3) is 0 Å². The Morgan fingerprint density at radius 3 is 2.22 bits per heavy atom. The van der Waals surface area contributed by atoms with Crippen LogP contribution in [0.25, 0.3) is 10.8 Å². The smallest absolute Gasteiger partial charge is 0.0423 e. The zero-order chi connectivity index (χ0) is 16.5. The fraction of sp³-hybridized carbons (Fsp3) is 0.545. The maximum absolute atomic E-state index is 3.77. The van der Waals surface area contributed by atoms with E-state index in [4.69, 9.17) is 0 Å². The van der Waals surface area contributed by atoms with E-state index in [1.54, 1.807) is 0 Å². The van der Waals surface area contributed by atoms with E-state index in [1.165, 1.54) is 67.8 Å². The summed E-state index contributed by atoms with van der Waals surface area (Å²) < 4.78 is 0. The second-order valence-electron chi connectivity index (χ2n) is 7.41. The Morgan fingerprint density at radius 2 is 1.43 bits per heavy atom. The van der Waals surface area contributed by atoms with E-state index in [0.29, 0.717) is 0 Å². The van der Waals surface area contributed by atoms with E-state index in [-0.39, 0.29) is 5.54 Å². The summed E-state index contributed by atoms with van der Waals surface area (Å²) >= 11 is 0. The van der Waals surface area contributed by atoms with E-state index in [0.717, 1.165) is 0 Å². The number of hydrogen-bond acceptors (Lipinski definition) is 1. The summed E-state index contributed by atoms with van der Waals surface area (Å²) in [5.41, 5.74) is 1.41. The molecule has 1 heteroatoms. The highest BCUT2D eigenvalue weighted by Crippen LogP contribution is 2.28. The molecule has 2 aromatic carbocycles. The Morgan fingerprint density at radius 1 is 0.783 bits per heavy atom. The van der Waals surface area contributed by atoms with E-state index < -0.39 is 0 Å². The normalized spacial score (nSPS) is 11.8. The lowest BCUT2D eigenvalue weighted by atomic mass is 9.95. The molecule has 23 heavy (non-hydrogen) atoms. The van der Waals surface area contributed by atoms with Crippen LogP contribution in [0, 0.1) is 0 Å². The molecule has 0 aliphatic heterocycles. The highest BCUT2D eigenvalue weighted by Gasteiger charge is 2.17. The molecule has 0 saturated carbocycles. The van der Waals surface area contributed by atoms with Crippen molar-refractivity contribution in [3.63, 3.8) is 0 Å². The molecular formula is C22H33N. The van der Waals surface area contributed by atoms with Crippen LogP contribution < -0.4 is 5.32 Å². The van der Waals surface area contributed by atoms with Crippen LogP contribution in [0.15, 0.2) is 42.5 Å². The standard InChI is InChI=1S/C22H33N/c1-4-5-6-7-8-9-12-18-22(2,3)23-21-17-13-15-19-14-10-11-16-20(19)21/h10-11,13-17,23H,4-9,12,18H2,1-3H3. The molecule has 0 spiro atoms. The molecule has 0 aromatic heterocycles. The molecule has 1 N–H and O–H groups in total. The lowest BCUT2D eigenvalue weighted by Gasteiger charge is -2.28. The van der Waals surface area contributed by atoms with Crippen LogP contribution >= 0.6 is 0 Å². The van der Waals surface area contributed by atoms with Gasteiger partial charge in [-0.25, -0.2) is 0 Å². The highest BCUT2D eigenvalue weighted by atomic mass is 15.0. The summed E-state index contributed by atoms with van der Waals surface area (Å²) in [7, 11) is 0. The zero-order valence-corrected chi connectivity index (χ0v) is 15.2. The van der Waals surface area contributed by atoms with Gasteiger partial charge in [0.1, 0.15) is 0 Å². The van der Waals surface area contributed by atoms with E-state index in [1.807, 2.05) is 0 Å². The lowest BCUT2D eigenvalue weighted by molar-refractivity contribution is 0.472. The van der Waals surface area contributed by atoms with Crippen LogP contribution in [0.2, 0.25) is 0 Å². The second kappa shape index (κ2) is 8.96. The quantitative estimate of drug-likeness (QED) is 0.458. The number of hydrogen-bond donors (Lipinski definition) is 1. The topological polar surface area (TPSA) is 12.0 Å². The molecule has 0 heterocycles. The Balaban J connectivity index is 1.83. The largest absolute Gasteiger partial charge is 0.380 e. The Hall–Kier alpha value is -1.50. The molecule has 0 fully saturated rings. The third kappa shape index (κ3) is 5.89. The molecule has 1 nitrogen and oxygen atoms in total.